The second-order valence-electron chi connectivity index (χ2n) is 6.48. The maximum Gasteiger partial charge on any atom is 0.253 e. The Kier molecular flexibility index (Phi) is 7.20. The molecule has 0 amide bonds. The van der Waals surface area contributed by atoms with Crippen molar-refractivity contribution in [2.75, 3.05) is 24.1 Å². The molecule has 3 aromatic heterocycles. The molecule has 0 aliphatic rings. The highest BCUT2D eigenvalue weighted by Gasteiger charge is 2.18. The first-order valence-corrected chi connectivity index (χ1v) is 9.21. The molecule has 3 rings (SSSR count). The van der Waals surface area contributed by atoms with E-state index in [1.54, 1.807) is 16.8 Å². The van der Waals surface area contributed by atoms with Gasteiger partial charge in [-0.15, -0.1) is 12.4 Å². The molecule has 0 saturated carbocycles. The molecule has 154 valence electrons. The first-order chi connectivity index (χ1) is 13.5. The second kappa shape index (κ2) is 9.41. The summed E-state index contributed by atoms with van der Waals surface area (Å²) in [5.74, 6) is 0.656. The summed E-state index contributed by atoms with van der Waals surface area (Å²) in [5, 5.41) is 17.1. The number of nitrogens with one attached hydrogen (secondary N) is 1. The number of anilines is 2. The lowest BCUT2D eigenvalue weighted by atomic mass is 10.2. The molecule has 3 heterocycles. The van der Waals surface area contributed by atoms with Crippen molar-refractivity contribution in [2.24, 2.45) is 5.73 Å². The lowest BCUT2D eigenvalue weighted by Gasteiger charge is -2.11. The third-order valence-electron chi connectivity index (χ3n) is 4.72. The van der Waals surface area contributed by atoms with Crippen molar-refractivity contribution in [3.05, 3.63) is 51.1 Å². The van der Waals surface area contributed by atoms with Crippen LogP contribution in [0.5, 0.6) is 0 Å². The van der Waals surface area contributed by atoms with E-state index >= 15 is 0 Å². The van der Waals surface area contributed by atoms with Gasteiger partial charge in [0.05, 0.1) is 5.69 Å². The summed E-state index contributed by atoms with van der Waals surface area (Å²) in [6.45, 7) is 5.24. The summed E-state index contributed by atoms with van der Waals surface area (Å²) in [5.41, 5.74) is 15.0. The minimum absolute atomic E-state index is 0. The Morgan fingerprint density at radius 3 is 2.79 bits per heavy atom. The van der Waals surface area contributed by atoms with Crippen LogP contribution in [0.15, 0.2) is 23.1 Å². The minimum Gasteiger partial charge on any atom is -0.382 e. The van der Waals surface area contributed by atoms with Crippen LogP contribution >= 0.6 is 12.4 Å². The fourth-order valence-corrected chi connectivity index (χ4v) is 3.28. The van der Waals surface area contributed by atoms with Gasteiger partial charge in [-0.1, -0.05) is 13.0 Å². The van der Waals surface area contributed by atoms with Gasteiger partial charge in [0.15, 0.2) is 5.65 Å². The molecule has 5 N–H and O–H groups in total. The van der Waals surface area contributed by atoms with E-state index in [0.29, 0.717) is 43.1 Å². The van der Waals surface area contributed by atoms with E-state index in [0.717, 1.165) is 17.7 Å². The van der Waals surface area contributed by atoms with E-state index < -0.39 is 0 Å². The SMILES string of the molecule is CCc1c(C)nn2c(N)c(C#N)c(NCCc3cccn(CCN)c3=O)nc12.Cl. The van der Waals surface area contributed by atoms with E-state index in [4.69, 9.17) is 11.5 Å². The molecular formula is C19H25ClN8O. The van der Waals surface area contributed by atoms with E-state index in [-0.39, 0.29) is 29.3 Å². The first-order valence-electron chi connectivity index (χ1n) is 9.21. The van der Waals surface area contributed by atoms with Gasteiger partial charge < -0.3 is 21.4 Å². The summed E-state index contributed by atoms with van der Waals surface area (Å²) in [6, 6.07) is 5.72. The zero-order valence-electron chi connectivity index (χ0n) is 16.5. The van der Waals surface area contributed by atoms with Crippen LogP contribution in [0.1, 0.15) is 29.3 Å². The number of nitriles is 1. The lowest BCUT2D eigenvalue weighted by Crippen LogP contribution is -2.27. The predicted octanol–water partition coefficient (Wildman–Crippen LogP) is 1.25. The molecule has 9 nitrogen and oxygen atoms in total. The van der Waals surface area contributed by atoms with Gasteiger partial charge in [0, 0.05) is 37.0 Å². The average molecular weight is 417 g/mol. The van der Waals surface area contributed by atoms with E-state index in [1.807, 2.05) is 19.9 Å². The zero-order valence-corrected chi connectivity index (χ0v) is 17.3. The van der Waals surface area contributed by atoms with Gasteiger partial charge in [-0.3, -0.25) is 4.79 Å². The van der Waals surface area contributed by atoms with Gasteiger partial charge in [0.2, 0.25) is 0 Å². The number of aromatic nitrogens is 4. The van der Waals surface area contributed by atoms with Crippen LogP contribution < -0.4 is 22.3 Å². The van der Waals surface area contributed by atoms with Gasteiger partial charge in [-0.25, -0.2) is 4.98 Å². The van der Waals surface area contributed by atoms with E-state index in [1.165, 1.54) is 4.52 Å². The topological polar surface area (TPSA) is 140 Å². The number of nitrogens with zero attached hydrogens (tertiary/aromatic N) is 5. The highest BCUT2D eigenvalue weighted by Crippen LogP contribution is 2.24. The molecular weight excluding hydrogens is 392 g/mol. The van der Waals surface area contributed by atoms with Gasteiger partial charge >= 0.3 is 0 Å². The summed E-state index contributed by atoms with van der Waals surface area (Å²) in [7, 11) is 0. The van der Waals surface area contributed by atoms with E-state index in [2.05, 4.69) is 21.5 Å². The third-order valence-corrected chi connectivity index (χ3v) is 4.72. The van der Waals surface area contributed by atoms with Crippen LogP contribution in [0, 0.1) is 18.3 Å². The van der Waals surface area contributed by atoms with Gasteiger partial charge in [-0.2, -0.15) is 14.9 Å². The standard InChI is InChI=1S/C19H24N8O.ClH/c1-3-14-12(2)25-27-16(22)15(11-21)17(24-18(14)27)23-8-6-13-5-4-9-26(10-7-20)19(13)28;/h4-5,9H,3,6-8,10,20,22H2,1-2H3,(H,23,24);1H. The molecule has 29 heavy (non-hydrogen) atoms. The molecule has 0 spiro atoms. The van der Waals surface area contributed by atoms with Crippen molar-refractivity contribution in [1.82, 2.24) is 19.2 Å². The van der Waals surface area contributed by atoms with Crippen molar-refractivity contribution in [3.63, 3.8) is 0 Å². The molecule has 0 aliphatic heterocycles. The highest BCUT2D eigenvalue weighted by molar-refractivity contribution is 5.85. The van der Waals surface area contributed by atoms with Crippen LogP contribution in [0.2, 0.25) is 0 Å². The Bertz CT molecular complexity index is 1110. The van der Waals surface area contributed by atoms with Crippen LogP contribution in [0.4, 0.5) is 11.6 Å². The van der Waals surface area contributed by atoms with Gasteiger partial charge in [0.1, 0.15) is 23.3 Å². The minimum atomic E-state index is -0.0575. The van der Waals surface area contributed by atoms with Gasteiger partial charge in [0.25, 0.3) is 5.56 Å². The molecule has 0 bridgehead atoms. The average Bonchev–Trinajstić information content (AvgIpc) is 3.00. The summed E-state index contributed by atoms with van der Waals surface area (Å²) in [6.07, 6.45) is 2.98. The van der Waals surface area contributed by atoms with Crippen LogP contribution in [-0.4, -0.2) is 32.3 Å². The van der Waals surface area contributed by atoms with Crippen LogP contribution in [0.25, 0.3) is 5.65 Å². The number of hydrogen-bond donors (Lipinski definition) is 3. The number of nitrogens with two attached hydrogens (primary N) is 2. The lowest BCUT2D eigenvalue weighted by molar-refractivity contribution is 0.672. The number of aryl methyl sites for hydroxylation is 2. The molecule has 0 unspecified atom stereocenters. The molecule has 0 fully saturated rings. The van der Waals surface area contributed by atoms with Gasteiger partial charge in [-0.05, 0) is 25.8 Å². The Balaban J connectivity index is 0.00000300. The Hall–Kier alpha value is -3.09. The summed E-state index contributed by atoms with van der Waals surface area (Å²) < 4.78 is 3.11. The number of fused-ring (bicyclic) bond motifs is 1. The van der Waals surface area contributed by atoms with Crippen molar-refractivity contribution < 1.29 is 0 Å². The molecule has 0 aliphatic carbocycles. The number of rotatable bonds is 7. The normalized spacial score (nSPS) is 10.6. The quantitative estimate of drug-likeness (QED) is 0.526. The molecule has 0 saturated heterocycles. The van der Waals surface area contributed by atoms with Crippen molar-refractivity contribution in [2.45, 2.75) is 33.2 Å². The maximum atomic E-state index is 12.4. The van der Waals surface area contributed by atoms with E-state index in [9.17, 15) is 10.1 Å². The smallest absolute Gasteiger partial charge is 0.253 e. The largest absolute Gasteiger partial charge is 0.382 e. The second-order valence-corrected chi connectivity index (χ2v) is 6.48. The summed E-state index contributed by atoms with van der Waals surface area (Å²) >= 11 is 0. The van der Waals surface area contributed by atoms with Crippen LogP contribution in [0.3, 0.4) is 0 Å². The molecule has 10 heteroatoms. The molecule has 3 aromatic rings. The Morgan fingerprint density at radius 1 is 1.38 bits per heavy atom. The number of pyridine rings is 1. The number of halogens is 1. The Morgan fingerprint density at radius 2 is 2.14 bits per heavy atom. The molecule has 0 radical (unpaired) electrons. The predicted molar refractivity (Wildman–Crippen MR) is 115 cm³/mol. The van der Waals surface area contributed by atoms with Crippen molar-refractivity contribution in [3.8, 4) is 6.07 Å². The van der Waals surface area contributed by atoms with Crippen LogP contribution in [-0.2, 0) is 19.4 Å². The highest BCUT2D eigenvalue weighted by atomic mass is 35.5. The fraction of sp³-hybridized carbons (Fsp3) is 0.368. The third kappa shape index (κ3) is 4.18. The first kappa shape index (κ1) is 22.2. The fourth-order valence-electron chi connectivity index (χ4n) is 3.28. The molecule has 0 atom stereocenters. The number of hydrogen-bond acceptors (Lipinski definition) is 7. The van der Waals surface area contributed by atoms with Crippen molar-refractivity contribution in [1.29, 1.82) is 5.26 Å². The molecule has 0 aromatic carbocycles. The maximum absolute atomic E-state index is 12.4. The number of nitrogen functional groups attached to an aromatic ring is 1. The summed E-state index contributed by atoms with van der Waals surface area (Å²) in [4.78, 5) is 17.0. The Labute approximate surface area is 174 Å². The zero-order chi connectivity index (χ0) is 20.3. The van der Waals surface area contributed by atoms with Crippen molar-refractivity contribution >= 4 is 29.7 Å². The monoisotopic (exact) mass is 416 g/mol.